The largest absolute Gasteiger partial charge is 0.497 e. The van der Waals surface area contributed by atoms with Crippen molar-refractivity contribution in [3.8, 4) is 17.2 Å². The van der Waals surface area contributed by atoms with Crippen molar-refractivity contribution >= 4 is 17.3 Å². The van der Waals surface area contributed by atoms with Crippen LogP contribution in [-0.2, 0) is 0 Å². The van der Waals surface area contributed by atoms with Crippen LogP contribution in [0, 0.1) is 0 Å². The molecule has 2 heterocycles. The van der Waals surface area contributed by atoms with Gasteiger partial charge < -0.3 is 19.6 Å². The number of halogens is 1. The Morgan fingerprint density at radius 2 is 1.63 bits per heavy atom. The van der Waals surface area contributed by atoms with Crippen molar-refractivity contribution in [2.45, 2.75) is 12.3 Å². The van der Waals surface area contributed by atoms with Gasteiger partial charge in [-0.15, -0.1) is 0 Å². The first-order valence-electron chi connectivity index (χ1n) is 9.68. The molecule has 5 rings (SSSR count). The second kappa shape index (κ2) is 7.59. The van der Waals surface area contributed by atoms with Crippen LogP contribution in [-0.4, -0.2) is 19.2 Å². The standard InChI is InChI=1S/C24H21ClN2O3/c1-28-16-9-7-15(8-10-16)21-14-22-19-13-17(29-2)11-12-23(19)30-24(27(22)26-21)18-5-3-4-6-20(18)25/h3-14,22,24,26H,1-2H3. The van der Waals surface area contributed by atoms with Gasteiger partial charge in [0, 0.05) is 16.1 Å². The topological polar surface area (TPSA) is 43.0 Å². The summed E-state index contributed by atoms with van der Waals surface area (Å²) in [4.78, 5) is 0. The van der Waals surface area contributed by atoms with Gasteiger partial charge in [0.15, 0.2) is 6.23 Å². The molecule has 2 aliphatic rings. The van der Waals surface area contributed by atoms with Crippen LogP contribution in [0.2, 0.25) is 5.02 Å². The minimum Gasteiger partial charge on any atom is -0.497 e. The molecule has 2 unspecified atom stereocenters. The first kappa shape index (κ1) is 18.9. The van der Waals surface area contributed by atoms with Gasteiger partial charge in [-0.1, -0.05) is 29.8 Å². The summed E-state index contributed by atoms with van der Waals surface area (Å²) in [6.07, 6.45) is 1.82. The van der Waals surface area contributed by atoms with Crippen LogP contribution >= 0.6 is 11.6 Å². The molecule has 1 N–H and O–H groups in total. The predicted octanol–water partition coefficient (Wildman–Crippen LogP) is 5.35. The van der Waals surface area contributed by atoms with E-state index >= 15 is 0 Å². The Morgan fingerprint density at radius 1 is 0.900 bits per heavy atom. The molecule has 30 heavy (non-hydrogen) atoms. The van der Waals surface area contributed by atoms with E-state index in [0.717, 1.165) is 39.6 Å². The SMILES string of the molecule is COc1ccc(C2=CC3c4cc(OC)ccc4OC(c4ccccc4Cl)N3N2)cc1. The minimum absolute atomic E-state index is 0.0396. The van der Waals surface area contributed by atoms with E-state index in [-0.39, 0.29) is 12.3 Å². The molecule has 0 aromatic heterocycles. The van der Waals surface area contributed by atoms with Gasteiger partial charge in [-0.05, 0) is 60.2 Å². The zero-order chi connectivity index (χ0) is 20.7. The molecule has 152 valence electrons. The Hall–Kier alpha value is -3.15. The summed E-state index contributed by atoms with van der Waals surface area (Å²) in [5.74, 6) is 2.43. The minimum atomic E-state index is -0.378. The molecule has 0 bridgehead atoms. The number of ether oxygens (including phenoxy) is 3. The van der Waals surface area contributed by atoms with E-state index in [2.05, 4.69) is 16.5 Å². The highest BCUT2D eigenvalue weighted by atomic mass is 35.5. The van der Waals surface area contributed by atoms with E-state index in [4.69, 9.17) is 25.8 Å². The van der Waals surface area contributed by atoms with Crippen molar-refractivity contribution in [1.82, 2.24) is 10.4 Å². The van der Waals surface area contributed by atoms with E-state index < -0.39 is 0 Å². The third kappa shape index (κ3) is 3.16. The number of nitrogens with one attached hydrogen (secondary N) is 1. The summed E-state index contributed by atoms with van der Waals surface area (Å²) in [7, 11) is 3.33. The molecule has 6 heteroatoms. The summed E-state index contributed by atoms with van der Waals surface area (Å²) in [6, 6.07) is 21.6. The quantitative estimate of drug-likeness (QED) is 0.616. The number of rotatable bonds is 4. The van der Waals surface area contributed by atoms with Gasteiger partial charge in [-0.25, -0.2) is 0 Å². The van der Waals surface area contributed by atoms with Crippen molar-refractivity contribution in [3.63, 3.8) is 0 Å². The van der Waals surface area contributed by atoms with Crippen molar-refractivity contribution in [2.24, 2.45) is 0 Å². The summed E-state index contributed by atoms with van der Waals surface area (Å²) >= 11 is 6.52. The maximum atomic E-state index is 6.52. The lowest BCUT2D eigenvalue weighted by molar-refractivity contribution is -0.0326. The van der Waals surface area contributed by atoms with Gasteiger partial charge in [-0.2, -0.15) is 5.01 Å². The van der Waals surface area contributed by atoms with Crippen LogP contribution in [0.5, 0.6) is 17.2 Å². The van der Waals surface area contributed by atoms with Crippen LogP contribution in [0.4, 0.5) is 0 Å². The number of hydrogen-bond donors (Lipinski definition) is 1. The molecular formula is C24H21ClN2O3. The Labute approximate surface area is 180 Å². The second-order valence-electron chi connectivity index (χ2n) is 7.17. The Balaban J connectivity index is 1.59. The monoisotopic (exact) mass is 420 g/mol. The van der Waals surface area contributed by atoms with Gasteiger partial charge in [0.2, 0.25) is 0 Å². The fourth-order valence-corrected chi connectivity index (χ4v) is 4.15. The van der Waals surface area contributed by atoms with Gasteiger partial charge in [-0.3, -0.25) is 0 Å². The second-order valence-corrected chi connectivity index (χ2v) is 7.58. The lowest BCUT2D eigenvalue weighted by Gasteiger charge is -2.39. The van der Waals surface area contributed by atoms with E-state index in [1.165, 1.54) is 0 Å². The normalized spacial score (nSPS) is 19.8. The Morgan fingerprint density at radius 3 is 2.37 bits per heavy atom. The Bertz CT molecular complexity index is 1110. The first-order valence-corrected chi connectivity index (χ1v) is 10.1. The van der Waals surface area contributed by atoms with Gasteiger partial charge in [0.1, 0.15) is 17.2 Å². The third-order valence-corrected chi connectivity index (χ3v) is 5.82. The molecule has 2 atom stereocenters. The van der Waals surface area contributed by atoms with Crippen LogP contribution in [0.1, 0.15) is 29.0 Å². The molecule has 0 amide bonds. The summed E-state index contributed by atoms with van der Waals surface area (Å²) in [5.41, 5.74) is 7.53. The average molecular weight is 421 g/mol. The summed E-state index contributed by atoms with van der Waals surface area (Å²) in [6.45, 7) is 0. The lowest BCUT2D eigenvalue weighted by atomic mass is 10.0. The van der Waals surface area contributed by atoms with Crippen molar-refractivity contribution < 1.29 is 14.2 Å². The highest BCUT2D eigenvalue weighted by molar-refractivity contribution is 6.31. The van der Waals surface area contributed by atoms with E-state index in [9.17, 15) is 0 Å². The van der Waals surface area contributed by atoms with Gasteiger partial charge in [0.05, 0.1) is 26.0 Å². The molecule has 3 aromatic carbocycles. The Kier molecular flexibility index (Phi) is 4.77. The molecule has 0 saturated carbocycles. The van der Waals surface area contributed by atoms with Gasteiger partial charge in [0.25, 0.3) is 0 Å². The van der Waals surface area contributed by atoms with Crippen LogP contribution in [0.25, 0.3) is 5.70 Å². The predicted molar refractivity (Wildman–Crippen MR) is 117 cm³/mol. The number of hydrazine groups is 1. The lowest BCUT2D eigenvalue weighted by Crippen LogP contribution is -2.43. The fourth-order valence-electron chi connectivity index (χ4n) is 3.92. The van der Waals surface area contributed by atoms with Crippen molar-refractivity contribution in [3.05, 3.63) is 94.5 Å². The number of benzene rings is 3. The van der Waals surface area contributed by atoms with E-state index in [1.54, 1.807) is 14.2 Å². The number of nitrogens with zero attached hydrogens (tertiary/aromatic N) is 1. The molecule has 0 fully saturated rings. The molecule has 0 aliphatic carbocycles. The van der Waals surface area contributed by atoms with E-state index in [1.807, 2.05) is 66.7 Å². The maximum absolute atomic E-state index is 6.52. The first-order chi connectivity index (χ1) is 14.7. The number of fused-ring (bicyclic) bond motifs is 3. The summed E-state index contributed by atoms with van der Waals surface area (Å²) < 4.78 is 17.1. The maximum Gasteiger partial charge on any atom is 0.197 e. The highest BCUT2D eigenvalue weighted by Crippen LogP contribution is 2.47. The fraction of sp³-hybridized carbons (Fsp3) is 0.167. The average Bonchev–Trinajstić information content (AvgIpc) is 3.24. The molecule has 0 radical (unpaired) electrons. The summed E-state index contributed by atoms with van der Waals surface area (Å²) in [5, 5.41) is 2.75. The smallest absolute Gasteiger partial charge is 0.197 e. The van der Waals surface area contributed by atoms with E-state index in [0.29, 0.717) is 5.02 Å². The zero-order valence-corrected chi connectivity index (χ0v) is 17.4. The molecular weight excluding hydrogens is 400 g/mol. The third-order valence-electron chi connectivity index (χ3n) is 5.47. The van der Waals surface area contributed by atoms with Crippen LogP contribution in [0.15, 0.2) is 72.8 Å². The number of methoxy groups -OCH3 is 2. The molecule has 0 saturated heterocycles. The van der Waals surface area contributed by atoms with Crippen LogP contribution in [0.3, 0.4) is 0 Å². The molecule has 5 nitrogen and oxygen atoms in total. The molecule has 2 aliphatic heterocycles. The molecule has 0 spiro atoms. The molecule has 3 aromatic rings. The van der Waals surface area contributed by atoms with Crippen molar-refractivity contribution in [1.29, 1.82) is 0 Å². The zero-order valence-electron chi connectivity index (χ0n) is 16.6. The van der Waals surface area contributed by atoms with Crippen LogP contribution < -0.4 is 19.6 Å². The van der Waals surface area contributed by atoms with Gasteiger partial charge >= 0.3 is 0 Å². The number of hydrogen-bond acceptors (Lipinski definition) is 5. The highest BCUT2D eigenvalue weighted by Gasteiger charge is 2.41. The van der Waals surface area contributed by atoms with Crippen molar-refractivity contribution in [2.75, 3.05) is 14.2 Å².